The van der Waals surface area contributed by atoms with E-state index < -0.39 is 0 Å². The van der Waals surface area contributed by atoms with Crippen LogP contribution >= 0.6 is 11.8 Å². The van der Waals surface area contributed by atoms with E-state index in [0.29, 0.717) is 0 Å². The summed E-state index contributed by atoms with van der Waals surface area (Å²) in [7, 11) is 0. The molecule has 0 aliphatic carbocycles. The Labute approximate surface area is 62.7 Å². The topological polar surface area (TPSA) is 25.8 Å². The maximum atomic E-state index is 3.96. The Balaban J connectivity index is 2.84. The van der Waals surface area contributed by atoms with E-state index in [1.165, 1.54) is 5.22 Å². The summed E-state index contributed by atoms with van der Waals surface area (Å²) in [6.45, 7) is 0. The van der Waals surface area contributed by atoms with Gasteiger partial charge in [-0.25, -0.2) is 0 Å². The standard InChI is InChI=1S/C7H6N2S/c1-3-8-9-7-5-10-4-2-6(1)7/h1-3,5H,4H2. The average Bonchev–Trinajstić information content (AvgIpc) is 2.05. The van der Waals surface area contributed by atoms with E-state index in [0.717, 1.165) is 11.1 Å². The summed E-state index contributed by atoms with van der Waals surface area (Å²) in [5, 5.41) is 12.0. The minimum absolute atomic E-state index is 0.999. The van der Waals surface area contributed by atoms with Crippen LogP contribution in [-0.2, 0) is 0 Å². The molecule has 0 saturated heterocycles. The van der Waals surface area contributed by atoms with Gasteiger partial charge in [0.1, 0.15) is 0 Å². The fraction of sp³-hybridized carbons (Fsp3) is 0.143. The summed E-state index contributed by atoms with van der Waals surface area (Å²) in [4.78, 5) is 0. The molecular formula is C7H6N2S. The molecule has 0 atom stereocenters. The van der Waals surface area contributed by atoms with E-state index in [-0.39, 0.29) is 0 Å². The van der Waals surface area contributed by atoms with Gasteiger partial charge in [0.05, 0.1) is 11.5 Å². The zero-order chi connectivity index (χ0) is 6.81. The predicted molar refractivity (Wildman–Crippen MR) is 42.7 cm³/mol. The Hall–Kier alpha value is -0.830. The monoisotopic (exact) mass is 150 g/mol. The molecule has 3 heteroatoms. The molecule has 0 amide bonds. The lowest BCUT2D eigenvalue weighted by atomic mass is 10.4. The fourth-order valence-corrected chi connectivity index (χ4v) is 1.59. The van der Waals surface area contributed by atoms with Gasteiger partial charge in [-0.15, -0.1) is 11.8 Å². The molecule has 0 aromatic carbocycles. The van der Waals surface area contributed by atoms with Crippen molar-refractivity contribution < 1.29 is 0 Å². The van der Waals surface area contributed by atoms with Gasteiger partial charge in [-0.2, -0.15) is 10.2 Å². The van der Waals surface area contributed by atoms with E-state index >= 15 is 0 Å². The highest BCUT2D eigenvalue weighted by Crippen LogP contribution is 2.01. The van der Waals surface area contributed by atoms with E-state index in [1.54, 1.807) is 18.0 Å². The lowest BCUT2D eigenvalue weighted by Crippen LogP contribution is -2.30. The van der Waals surface area contributed by atoms with Gasteiger partial charge < -0.3 is 0 Å². The van der Waals surface area contributed by atoms with Crippen molar-refractivity contribution in [3.05, 3.63) is 22.8 Å². The number of hydrogen-bond donors (Lipinski definition) is 0. The number of fused-ring (bicyclic) bond motifs is 1. The zero-order valence-electron chi connectivity index (χ0n) is 5.32. The van der Waals surface area contributed by atoms with Crippen LogP contribution in [0.5, 0.6) is 0 Å². The van der Waals surface area contributed by atoms with Crippen molar-refractivity contribution in [2.75, 3.05) is 5.75 Å². The Morgan fingerprint density at radius 3 is 3.40 bits per heavy atom. The molecule has 1 aromatic heterocycles. The molecule has 0 radical (unpaired) electrons. The smallest absolute Gasteiger partial charge is 0.0989 e. The first-order chi connectivity index (χ1) is 4.97. The number of thioether (sulfide) groups is 1. The predicted octanol–water partition coefficient (Wildman–Crippen LogP) is -0.258. The van der Waals surface area contributed by atoms with E-state index in [1.807, 2.05) is 11.5 Å². The summed E-state index contributed by atoms with van der Waals surface area (Å²) in [5.74, 6) is 1.05. The number of hydrogen-bond acceptors (Lipinski definition) is 3. The van der Waals surface area contributed by atoms with Crippen LogP contribution in [-0.4, -0.2) is 16.0 Å². The molecule has 2 heterocycles. The van der Waals surface area contributed by atoms with Crippen molar-refractivity contribution in [2.45, 2.75) is 0 Å². The molecule has 50 valence electrons. The third kappa shape index (κ3) is 0.926. The maximum absolute atomic E-state index is 3.96. The second kappa shape index (κ2) is 2.42. The van der Waals surface area contributed by atoms with Crippen LogP contribution in [0.25, 0.3) is 11.5 Å². The van der Waals surface area contributed by atoms with Crippen LogP contribution in [0, 0.1) is 0 Å². The Morgan fingerprint density at radius 2 is 2.50 bits per heavy atom. The van der Waals surface area contributed by atoms with Crippen molar-refractivity contribution in [3.8, 4) is 0 Å². The quantitative estimate of drug-likeness (QED) is 0.509. The molecule has 0 N–H and O–H groups in total. The van der Waals surface area contributed by atoms with Crippen LogP contribution in [0.15, 0.2) is 12.3 Å². The maximum Gasteiger partial charge on any atom is 0.0989 e. The largest absolute Gasteiger partial charge is 0.159 e. The van der Waals surface area contributed by atoms with Crippen molar-refractivity contribution in [3.63, 3.8) is 0 Å². The Bertz CT molecular complexity index is 310. The summed E-state index contributed by atoms with van der Waals surface area (Å²) in [6.07, 6.45) is 3.88. The lowest BCUT2D eigenvalue weighted by molar-refractivity contribution is 0.982. The van der Waals surface area contributed by atoms with Crippen LogP contribution in [0.3, 0.4) is 0 Å². The second-order valence-electron chi connectivity index (χ2n) is 2.03. The Kier molecular flexibility index (Phi) is 1.43. The van der Waals surface area contributed by atoms with Gasteiger partial charge >= 0.3 is 0 Å². The highest BCUT2D eigenvalue weighted by atomic mass is 32.2. The summed E-state index contributed by atoms with van der Waals surface area (Å²) >= 11 is 1.75. The average molecular weight is 150 g/mol. The second-order valence-corrected chi connectivity index (χ2v) is 2.93. The molecule has 0 bridgehead atoms. The van der Waals surface area contributed by atoms with Crippen LogP contribution in [0.2, 0.25) is 0 Å². The van der Waals surface area contributed by atoms with Gasteiger partial charge in [-0.05, 0) is 11.5 Å². The van der Waals surface area contributed by atoms with Gasteiger partial charge in [-0.1, -0.05) is 6.08 Å². The van der Waals surface area contributed by atoms with Crippen molar-refractivity contribution >= 4 is 23.2 Å². The minimum atomic E-state index is 0.999. The first kappa shape index (κ1) is 5.92. The van der Waals surface area contributed by atoms with Crippen molar-refractivity contribution in [2.24, 2.45) is 0 Å². The third-order valence-corrected chi connectivity index (χ3v) is 2.13. The SMILES string of the molecule is C1=c2ccnnc2=CSC1. The lowest BCUT2D eigenvalue weighted by Gasteiger charge is -1.94. The minimum Gasteiger partial charge on any atom is -0.159 e. The molecule has 1 aliphatic rings. The highest BCUT2D eigenvalue weighted by Gasteiger charge is 1.91. The highest BCUT2D eigenvalue weighted by molar-refractivity contribution is 8.06. The van der Waals surface area contributed by atoms with Crippen LogP contribution in [0.4, 0.5) is 0 Å². The normalized spacial score (nSPS) is 14.8. The van der Waals surface area contributed by atoms with E-state index in [9.17, 15) is 0 Å². The number of aromatic nitrogens is 2. The molecule has 2 nitrogen and oxygen atoms in total. The van der Waals surface area contributed by atoms with Crippen LogP contribution in [0.1, 0.15) is 0 Å². The molecule has 2 rings (SSSR count). The Morgan fingerprint density at radius 1 is 1.50 bits per heavy atom. The van der Waals surface area contributed by atoms with E-state index in [4.69, 9.17) is 0 Å². The van der Waals surface area contributed by atoms with Gasteiger partial charge in [-0.3, -0.25) is 0 Å². The number of rotatable bonds is 0. The van der Waals surface area contributed by atoms with Gasteiger partial charge in [0.2, 0.25) is 0 Å². The molecule has 0 saturated carbocycles. The number of nitrogens with zero attached hydrogens (tertiary/aromatic N) is 2. The fourth-order valence-electron chi connectivity index (χ4n) is 0.881. The van der Waals surface area contributed by atoms with Crippen molar-refractivity contribution in [1.82, 2.24) is 10.2 Å². The van der Waals surface area contributed by atoms with Crippen molar-refractivity contribution in [1.29, 1.82) is 0 Å². The molecule has 10 heavy (non-hydrogen) atoms. The van der Waals surface area contributed by atoms with E-state index in [2.05, 4.69) is 16.3 Å². The first-order valence-corrected chi connectivity index (χ1v) is 4.11. The van der Waals surface area contributed by atoms with Gasteiger partial charge in [0.25, 0.3) is 0 Å². The van der Waals surface area contributed by atoms with Gasteiger partial charge in [0.15, 0.2) is 0 Å². The third-order valence-electron chi connectivity index (χ3n) is 1.38. The zero-order valence-corrected chi connectivity index (χ0v) is 6.14. The molecular weight excluding hydrogens is 144 g/mol. The molecule has 0 fully saturated rings. The summed E-state index contributed by atoms with van der Waals surface area (Å²) < 4.78 is 0. The molecule has 1 aliphatic heterocycles. The van der Waals surface area contributed by atoms with Gasteiger partial charge in [0, 0.05) is 11.0 Å². The first-order valence-electron chi connectivity index (χ1n) is 3.06. The summed E-state index contributed by atoms with van der Waals surface area (Å²) in [6, 6.07) is 1.98. The molecule has 1 aromatic rings. The molecule has 0 spiro atoms. The van der Waals surface area contributed by atoms with Crippen LogP contribution < -0.4 is 10.6 Å². The molecule has 0 unspecified atom stereocenters. The summed E-state index contributed by atoms with van der Waals surface area (Å²) in [5.41, 5.74) is 0.